The first kappa shape index (κ1) is 20.6. The monoisotopic (exact) mass is 400 g/mol. The van der Waals surface area contributed by atoms with Crippen molar-refractivity contribution in [3.8, 4) is 0 Å². The van der Waals surface area contributed by atoms with E-state index >= 15 is 0 Å². The van der Waals surface area contributed by atoms with Crippen molar-refractivity contribution in [2.45, 2.75) is 43.9 Å². The molecule has 2 aromatic rings. The molecular weight excluding hydrogens is 372 g/mol. The minimum absolute atomic E-state index is 0.00965. The molecule has 1 amide bonds. The molecule has 0 saturated heterocycles. The summed E-state index contributed by atoms with van der Waals surface area (Å²) in [4.78, 5) is 13.0. The fourth-order valence-corrected chi connectivity index (χ4v) is 5.06. The van der Waals surface area contributed by atoms with E-state index in [4.69, 9.17) is 0 Å². The molecule has 1 fully saturated rings. The summed E-state index contributed by atoms with van der Waals surface area (Å²) in [5.41, 5.74) is 2.43. The summed E-state index contributed by atoms with van der Waals surface area (Å²) in [6.45, 7) is 6.79. The highest BCUT2D eigenvalue weighted by Gasteiger charge is 2.44. The molecule has 0 spiro atoms. The predicted octanol–water partition coefficient (Wildman–Crippen LogP) is 3.49. The third-order valence-electron chi connectivity index (χ3n) is 5.62. The van der Waals surface area contributed by atoms with Gasteiger partial charge in [-0.1, -0.05) is 50.2 Å². The maximum Gasteiger partial charge on any atom is 0.251 e. The van der Waals surface area contributed by atoms with Gasteiger partial charge >= 0.3 is 0 Å². The fourth-order valence-electron chi connectivity index (χ4n) is 3.57. The number of nitrogens with zero attached hydrogens (tertiary/aromatic N) is 1. The van der Waals surface area contributed by atoms with Crippen LogP contribution >= 0.6 is 0 Å². The maximum absolute atomic E-state index is 12.8. The highest BCUT2D eigenvalue weighted by Crippen LogP contribution is 2.47. The smallest absolute Gasteiger partial charge is 0.251 e. The summed E-state index contributed by atoms with van der Waals surface area (Å²) in [5.74, 6) is -0.226. The molecule has 0 aromatic heterocycles. The van der Waals surface area contributed by atoms with Crippen LogP contribution in [-0.4, -0.2) is 38.3 Å². The lowest BCUT2D eigenvalue weighted by Crippen LogP contribution is -2.33. The number of hydrogen-bond donors (Lipinski definition) is 1. The molecule has 0 heterocycles. The number of sulfonamides is 1. The lowest BCUT2D eigenvalue weighted by Gasteiger charge is -2.20. The van der Waals surface area contributed by atoms with Crippen LogP contribution in [0, 0.1) is 6.92 Å². The zero-order chi connectivity index (χ0) is 20.4. The summed E-state index contributed by atoms with van der Waals surface area (Å²) < 4.78 is 27.0. The maximum atomic E-state index is 12.8. The largest absolute Gasteiger partial charge is 0.351 e. The Balaban J connectivity index is 1.79. The van der Waals surface area contributed by atoms with Crippen molar-refractivity contribution in [3.05, 3.63) is 65.2 Å². The quantitative estimate of drug-likeness (QED) is 0.738. The molecule has 150 valence electrons. The molecule has 1 saturated carbocycles. The first-order valence-corrected chi connectivity index (χ1v) is 11.2. The Labute approximate surface area is 167 Å². The zero-order valence-electron chi connectivity index (χ0n) is 16.7. The van der Waals surface area contributed by atoms with Gasteiger partial charge in [-0.3, -0.25) is 4.79 Å². The van der Waals surface area contributed by atoms with Crippen LogP contribution in [0.1, 0.15) is 48.2 Å². The van der Waals surface area contributed by atoms with Gasteiger partial charge < -0.3 is 5.32 Å². The molecule has 0 atom stereocenters. The first-order valence-electron chi connectivity index (χ1n) is 9.78. The predicted molar refractivity (Wildman–Crippen MR) is 111 cm³/mol. The lowest BCUT2D eigenvalue weighted by atomic mass is 9.96. The molecule has 28 heavy (non-hydrogen) atoms. The second-order valence-corrected chi connectivity index (χ2v) is 9.33. The van der Waals surface area contributed by atoms with Gasteiger partial charge in [0.25, 0.3) is 5.91 Å². The average molecular weight is 401 g/mol. The summed E-state index contributed by atoms with van der Waals surface area (Å²) >= 11 is 0. The second kappa shape index (κ2) is 8.05. The lowest BCUT2D eigenvalue weighted by molar-refractivity contribution is 0.0949. The molecule has 1 N–H and O–H groups in total. The van der Waals surface area contributed by atoms with Crippen molar-refractivity contribution in [3.63, 3.8) is 0 Å². The van der Waals surface area contributed by atoms with Gasteiger partial charge in [0.2, 0.25) is 10.0 Å². The van der Waals surface area contributed by atoms with Crippen LogP contribution in [0.3, 0.4) is 0 Å². The molecular formula is C22H28N2O3S. The summed E-state index contributed by atoms with van der Waals surface area (Å²) in [6.07, 6.45) is 2.10. The minimum atomic E-state index is -3.59. The van der Waals surface area contributed by atoms with Gasteiger partial charge in [-0.05, 0) is 43.0 Å². The van der Waals surface area contributed by atoms with Crippen LogP contribution in [0.5, 0.6) is 0 Å². The molecule has 1 aliphatic rings. The third kappa shape index (κ3) is 3.98. The first-order chi connectivity index (χ1) is 13.3. The number of amides is 1. The van der Waals surface area contributed by atoms with Crippen LogP contribution in [0.4, 0.5) is 0 Å². The van der Waals surface area contributed by atoms with Crippen LogP contribution in [-0.2, 0) is 15.4 Å². The zero-order valence-corrected chi connectivity index (χ0v) is 17.6. The van der Waals surface area contributed by atoms with Crippen molar-refractivity contribution in [1.29, 1.82) is 0 Å². The molecule has 6 heteroatoms. The number of hydrogen-bond acceptors (Lipinski definition) is 3. The van der Waals surface area contributed by atoms with Crippen molar-refractivity contribution in [2.75, 3.05) is 19.6 Å². The van der Waals surface area contributed by atoms with E-state index in [1.165, 1.54) is 15.9 Å². The standard InChI is InChI=1S/C22H28N2O3S/c1-4-24(5-2)28(26,27)19-12-11-17(3)20(15-19)21(25)23-16-22(13-14-22)18-9-7-6-8-10-18/h6-12,15H,4-5,13-14,16H2,1-3H3,(H,23,25). The van der Waals surface area contributed by atoms with Crippen LogP contribution in [0.2, 0.25) is 0 Å². The number of aryl methyl sites for hydroxylation is 1. The fraction of sp³-hybridized carbons (Fsp3) is 0.409. The summed E-state index contributed by atoms with van der Waals surface area (Å²) in [6, 6.07) is 15.0. The topological polar surface area (TPSA) is 66.5 Å². The highest BCUT2D eigenvalue weighted by atomic mass is 32.2. The van der Waals surface area contributed by atoms with E-state index < -0.39 is 10.0 Å². The van der Waals surface area contributed by atoms with Crippen molar-refractivity contribution >= 4 is 15.9 Å². The summed E-state index contributed by atoms with van der Waals surface area (Å²) in [5, 5.41) is 3.03. The molecule has 0 radical (unpaired) electrons. The molecule has 2 aromatic carbocycles. The minimum Gasteiger partial charge on any atom is -0.351 e. The number of rotatable bonds is 8. The van der Waals surface area contributed by atoms with E-state index in [0.29, 0.717) is 25.2 Å². The Hall–Kier alpha value is -2.18. The van der Waals surface area contributed by atoms with Gasteiger partial charge in [-0.15, -0.1) is 0 Å². The van der Waals surface area contributed by atoms with E-state index in [0.717, 1.165) is 18.4 Å². The average Bonchev–Trinajstić information content (AvgIpc) is 3.49. The van der Waals surface area contributed by atoms with E-state index in [1.807, 2.05) is 39.0 Å². The van der Waals surface area contributed by atoms with Gasteiger partial charge in [0, 0.05) is 30.6 Å². The Kier molecular flexibility index (Phi) is 5.91. The molecule has 0 aliphatic heterocycles. The molecule has 0 bridgehead atoms. The highest BCUT2D eigenvalue weighted by molar-refractivity contribution is 7.89. The van der Waals surface area contributed by atoms with Crippen molar-refractivity contribution in [2.24, 2.45) is 0 Å². The van der Waals surface area contributed by atoms with Gasteiger partial charge in [0.05, 0.1) is 4.90 Å². The van der Waals surface area contributed by atoms with E-state index in [1.54, 1.807) is 12.1 Å². The van der Waals surface area contributed by atoms with Crippen molar-refractivity contribution < 1.29 is 13.2 Å². The van der Waals surface area contributed by atoms with Gasteiger partial charge in [0.1, 0.15) is 0 Å². The molecule has 5 nitrogen and oxygen atoms in total. The number of carbonyl (C=O) groups excluding carboxylic acids is 1. The van der Waals surface area contributed by atoms with Crippen LogP contribution in [0.25, 0.3) is 0 Å². The Morgan fingerprint density at radius 3 is 2.29 bits per heavy atom. The molecule has 1 aliphatic carbocycles. The SMILES string of the molecule is CCN(CC)S(=O)(=O)c1ccc(C)c(C(=O)NCC2(c3ccccc3)CC2)c1. The van der Waals surface area contributed by atoms with Crippen molar-refractivity contribution in [1.82, 2.24) is 9.62 Å². The van der Waals surface area contributed by atoms with E-state index in [2.05, 4.69) is 17.4 Å². The van der Waals surface area contributed by atoms with E-state index in [-0.39, 0.29) is 16.2 Å². The van der Waals surface area contributed by atoms with Gasteiger partial charge in [-0.2, -0.15) is 4.31 Å². The van der Waals surface area contributed by atoms with Gasteiger partial charge in [-0.25, -0.2) is 8.42 Å². The third-order valence-corrected chi connectivity index (χ3v) is 7.67. The summed E-state index contributed by atoms with van der Waals surface area (Å²) in [7, 11) is -3.59. The second-order valence-electron chi connectivity index (χ2n) is 7.40. The van der Waals surface area contributed by atoms with E-state index in [9.17, 15) is 13.2 Å². The van der Waals surface area contributed by atoms with Gasteiger partial charge in [0.15, 0.2) is 0 Å². The molecule has 0 unspecified atom stereocenters. The Morgan fingerprint density at radius 2 is 1.71 bits per heavy atom. The number of benzene rings is 2. The van der Waals surface area contributed by atoms with Crippen LogP contribution < -0.4 is 5.32 Å². The number of nitrogens with one attached hydrogen (secondary N) is 1. The number of carbonyl (C=O) groups is 1. The Morgan fingerprint density at radius 1 is 1.07 bits per heavy atom. The molecule has 3 rings (SSSR count). The normalized spacial score (nSPS) is 15.4. The van der Waals surface area contributed by atoms with Crippen LogP contribution in [0.15, 0.2) is 53.4 Å². The Bertz CT molecular complexity index is 947.